The predicted molar refractivity (Wildman–Crippen MR) is 80.2 cm³/mol. The number of aryl methyl sites for hydroxylation is 1. The van der Waals surface area contributed by atoms with E-state index in [0.717, 1.165) is 25.3 Å². The van der Waals surface area contributed by atoms with Crippen molar-refractivity contribution in [3.8, 4) is 5.75 Å². The summed E-state index contributed by atoms with van der Waals surface area (Å²) in [6.45, 7) is 4.76. The van der Waals surface area contributed by atoms with Gasteiger partial charge in [0.15, 0.2) is 0 Å². The summed E-state index contributed by atoms with van der Waals surface area (Å²) in [7, 11) is 0. The van der Waals surface area contributed by atoms with Gasteiger partial charge in [0.25, 0.3) is 0 Å². The molecule has 1 aliphatic heterocycles. The Balaban J connectivity index is 1.46. The molecular weight excluding hydrogens is 266 g/mol. The first kappa shape index (κ1) is 14.1. The molecule has 5 heteroatoms. The minimum Gasteiger partial charge on any atom is -0.491 e. The second kappa shape index (κ2) is 6.28. The molecule has 0 spiro atoms. The standard InChI is InChI=1S/C16H21N3O2/c1-12-2-4-15(5-3-12)21-11-14(20)10-19-7-6-16-13(9-19)8-17-18-16/h2-5,8,14,20H,6-7,9-11H2,1H3,(H,17,18). The number of hydrogen-bond donors (Lipinski definition) is 2. The number of aliphatic hydroxyl groups excluding tert-OH is 1. The Morgan fingerprint density at radius 1 is 1.38 bits per heavy atom. The molecule has 1 unspecified atom stereocenters. The van der Waals surface area contributed by atoms with E-state index in [1.165, 1.54) is 16.8 Å². The summed E-state index contributed by atoms with van der Waals surface area (Å²) >= 11 is 0. The van der Waals surface area contributed by atoms with Crippen LogP contribution in [0.25, 0.3) is 0 Å². The highest BCUT2D eigenvalue weighted by Gasteiger charge is 2.20. The second-order valence-corrected chi connectivity index (χ2v) is 5.64. The molecule has 1 atom stereocenters. The summed E-state index contributed by atoms with van der Waals surface area (Å²) < 4.78 is 5.62. The number of aromatic amines is 1. The van der Waals surface area contributed by atoms with Crippen LogP contribution in [0.4, 0.5) is 0 Å². The molecule has 0 amide bonds. The smallest absolute Gasteiger partial charge is 0.119 e. The van der Waals surface area contributed by atoms with Crippen LogP contribution in [0.3, 0.4) is 0 Å². The van der Waals surface area contributed by atoms with Crippen molar-refractivity contribution in [1.29, 1.82) is 0 Å². The van der Waals surface area contributed by atoms with Crippen molar-refractivity contribution in [1.82, 2.24) is 15.1 Å². The van der Waals surface area contributed by atoms with Crippen LogP contribution in [0.15, 0.2) is 30.5 Å². The molecule has 0 fully saturated rings. The third-order valence-electron chi connectivity index (χ3n) is 3.81. The molecule has 21 heavy (non-hydrogen) atoms. The molecule has 2 N–H and O–H groups in total. The van der Waals surface area contributed by atoms with Crippen molar-refractivity contribution in [2.75, 3.05) is 19.7 Å². The summed E-state index contributed by atoms with van der Waals surface area (Å²) in [5.74, 6) is 0.801. The second-order valence-electron chi connectivity index (χ2n) is 5.64. The van der Waals surface area contributed by atoms with Crippen LogP contribution < -0.4 is 4.74 Å². The average molecular weight is 287 g/mol. The van der Waals surface area contributed by atoms with Crippen molar-refractivity contribution in [3.05, 3.63) is 47.3 Å². The first-order valence-electron chi connectivity index (χ1n) is 7.32. The van der Waals surface area contributed by atoms with Gasteiger partial charge in [-0.1, -0.05) is 17.7 Å². The van der Waals surface area contributed by atoms with Crippen LogP contribution in [0, 0.1) is 6.92 Å². The summed E-state index contributed by atoms with van der Waals surface area (Å²) in [6.07, 6.45) is 2.34. The lowest BCUT2D eigenvalue weighted by Gasteiger charge is -2.28. The number of benzene rings is 1. The number of H-pyrrole nitrogens is 1. The average Bonchev–Trinajstić information content (AvgIpc) is 2.94. The van der Waals surface area contributed by atoms with Gasteiger partial charge in [0.05, 0.1) is 6.20 Å². The maximum absolute atomic E-state index is 10.1. The van der Waals surface area contributed by atoms with Gasteiger partial charge in [0.1, 0.15) is 18.5 Å². The highest BCUT2D eigenvalue weighted by Crippen LogP contribution is 2.16. The molecule has 3 rings (SSSR count). The monoisotopic (exact) mass is 287 g/mol. The van der Waals surface area contributed by atoms with E-state index >= 15 is 0 Å². The molecule has 1 aromatic carbocycles. The lowest BCUT2D eigenvalue weighted by Crippen LogP contribution is -2.38. The van der Waals surface area contributed by atoms with E-state index < -0.39 is 6.10 Å². The quantitative estimate of drug-likeness (QED) is 0.875. The van der Waals surface area contributed by atoms with Gasteiger partial charge in [-0.05, 0) is 19.1 Å². The first-order chi connectivity index (χ1) is 10.2. The van der Waals surface area contributed by atoms with Gasteiger partial charge in [0.2, 0.25) is 0 Å². The van der Waals surface area contributed by atoms with Gasteiger partial charge in [-0.2, -0.15) is 5.10 Å². The normalized spacial score (nSPS) is 16.5. The van der Waals surface area contributed by atoms with Crippen LogP contribution in [-0.2, 0) is 13.0 Å². The first-order valence-corrected chi connectivity index (χ1v) is 7.32. The van der Waals surface area contributed by atoms with E-state index in [4.69, 9.17) is 4.74 Å². The summed E-state index contributed by atoms with van der Waals surface area (Å²) in [4.78, 5) is 2.24. The number of hydrogen-bond acceptors (Lipinski definition) is 4. The number of nitrogens with zero attached hydrogens (tertiary/aromatic N) is 2. The van der Waals surface area contributed by atoms with E-state index in [2.05, 4.69) is 15.1 Å². The lowest BCUT2D eigenvalue weighted by atomic mass is 10.1. The number of ether oxygens (including phenoxy) is 1. The number of nitrogens with one attached hydrogen (secondary N) is 1. The Hall–Kier alpha value is -1.85. The highest BCUT2D eigenvalue weighted by molar-refractivity contribution is 5.26. The number of rotatable bonds is 5. The molecule has 1 aliphatic rings. The van der Waals surface area contributed by atoms with Crippen molar-refractivity contribution < 1.29 is 9.84 Å². The zero-order valence-electron chi connectivity index (χ0n) is 12.2. The van der Waals surface area contributed by atoms with Crippen LogP contribution >= 0.6 is 0 Å². The van der Waals surface area contributed by atoms with Gasteiger partial charge < -0.3 is 9.84 Å². The maximum atomic E-state index is 10.1. The molecule has 1 aromatic heterocycles. The molecule has 2 aromatic rings. The summed E-state index contributed by atoms with van der Waals surface area (Å²) in [5.41, 5.74) is 3.65. The third kappa shape index (κ3) is 3.62. The Kier molecular flexibility index (Phi) is 4.22. The SMILES string of the molecule is Cc1ccc(OCC(O)CN2CCc3[nH]ncc3C2)cc1. The van der Waals surface area contributed by atoms with Crippen molar-refractivity contribution >= 4 is 0 Å². The van der Waals surface area contributed by atoms with E-state index in [1.54, 1.807) is 0 Å². The lowest BCUT2D eigenvalue weighted by molar-refractivity contribution is 0.0637. The van der Waals surface area contributed by atoms with Gasteiger partial charge in [-0.3, -0.25) is 10.00 Å². The molecule has 0 aliphatic carbocycles. The zero-order valence-corrected chi connectivity index (χ0v) is 12.2. The summed E-state index contributed by atoms with van der Waals surface area (Å²) in [6, 6.07) is 7.88. The molecule has 5 nitrogen and oxygen atoms in total. The minimum atomic E-state index is -0.486. The van der Waals surface area contributed by atoms with Gasteiger partial charge in [-0.25, -0.2) is 0 Å². The van der Waals surface area contributed by atoms with Gasteiger partial charge >= 0.3 is 0 Å². The molecule has 0 bridgehead atoms. The van der Waals surface area contributed by atoms with Crippen LogP contribution in [-0.4, -0.2) is 46.0 Å². The molecule has 0 radical (unpaired) electrons. The summed E-state index contributed by atoms with van der Waals surface area (Å²) in [5, 5.41) is 17.2. The third-order valence-corrected chi connectivity index (χ3v) is 3.81. The largest absolute Gasteiger partial charge is 0.491 e. The molecule has 0 saturated carbocycles. The Morgan fingerprint density at radius 2 is 2.19 bits per heavy atom. The molecule has 2 heterocycles. The Bertz CT molecular complexity index is 579. The molecule has 0 saturated heterocycles. The number of fused-ring (bicyclic) bond motifs is 1. The highest BCUT2D eigenvalue weighted by atomic mass is 16.5. The zero-order chi connectivity index (χ0) is 14.7. The minimum absolute atomic E-state index is 0.317. The van der Waals surface area contributed by atoms with Crippen LogP contribution in [0.2, 0.25) is 0 Å². The van der Waals surface area contributed by atoms with Crippen LogP contribution in [0.1, 0.15) is 16.8 Å². The van der Waals surface area contributed by atoms with E-state index in [-0.39, 0.29) is 0 Å². The van der Waals surface area contributed by atoms with Gasteiger partial charge in [-0.15, -0.1) is 0 Å². The Morgan fingerprint density at radius 3 is 3.00 bits per heavy atom. The van der Waals surface area contributed by atoms with E-state index in [9.17, 15) is 5.11 Å². The van der Waals surface area contributed by atoms with Crippen molar-refractivity contribution in [3.63, 3.8) is 0 Å². The fraction of sp³-hybridized carbons (Fsp3) is 0.438. The number of aliphatic hydroxyl groups is 1. The Labute approximate surface area is 124 Å². The predicted octanol–water partition coefficient (Wildman–Crippen LogP) is 1.52. The molecule has 112 valence electrons. The topological polar surface area (TPSA) is 61.4 Å². The van der Waals surface area contributed by atoms with Gasteiger partial charge in [0, 0.05) is 37.3 Å². The van der Waals surface area contributed by atoms with Crippen molar-refractivity contribution in [2.45, 2.75) is 26.0 Å². The van der Waals surface area contributed by atoms with Crippen LogP contribution in [0.5, 0.6) is 5.75 Å². The van der Waals surface area contributed by atoms with E-state index in [1.807, 2.05) is 37.4 Å². The van der Waals surface area contributed by atoms with Crippen molar-refractivity contribution in [2.24, 2.45) is 0 Å². The molecular formula is C16H21N3O2. The fourth-order valence-electron chi connectivity index (χ4n) is 2.61. The van der Waals surface area contributed by atoms with E-state index in [0.29, 0.717) is 13.2 Å². The maximum Gasteiger partial charge on any atom is 0.119 e. The number of β-amino-alcohol motifs (C(OH)–C–C–N with tert-alkyl or cyclic N) is 1. The number of aromatic nitrogens is 2. The fourth-order valence-corrected chi connectivity index (χ4v) is 2.61.